The maximum Gasteiger partial charge on any atom is 0.169 e. The van der Waals surface area contributed by atoms with Crippen molar-refractivity contribution in [2.75, 3.05) is 6.61 Å². The summed E-state index contributed by atoms with van der Waals surface area (Å²) < 4.78 is 7.43. The Balaban J connectivity index is 2.06. The molecule has 0 N–H and O–H groups in total. The molecule has 2 heteroatoms. The van der Waals surface area contributed by atoms with E-state index in [-0.39, 0.29) is 0 Å². The van der Waals surface area contributed by atoms with Crippen molar-refractivity contribution < 1.29 is 9.30 Å². The van der Waals surface area contributed by atoms with Crippen LogP contribution in [0.25, 0.3) is 12.2 Å². The minimum absolute atomic E-state index is 0.705. The molecule has 0 aliphatic heterocycles. The molecule has 0 spiro atoms. The quantitative estimate of drug-likeness (QED) is 0.749. The van der Waals surface area contributed by atoms with E-state index in [1.54, 1.807) is 0 Å². The van der Waals surface area contributed by atoms with Gasteiger partial charge in [-0.05, 0) is 30.2 Å². The highest BCUT2D eigenvalue weighted by Crippen LogP contribution is 2.14. The fourth-order valence-electron chi connectivity index (χ4n) is 1.66. The van der Waals surface area contributed by atoms with E-state index in [2.05, 4.69) is 36.4 Å². The lowest BCUT2D eigenvalue weighted by Gasteiger charge is -2.02. The highest BCUT2D eigenvalue weighted by Gasteiger charge is 1.93. The van der Waals surface area contributed by atoms with Crippen LogP contribution in [0.5, 0.6) is 5.75 Å². The number of ether oxygens (including phenoxy) is 1. The van der Waals surface area contributed by atoms with E-state index >= 15 is 0 Å². The first kappa shape index (κ1) is 12.4. The third-order valence-electron chi connectivity index (χ3n) is 2.66. The monoisotopic (exact) mass is 240 g/mol. The zero-order valence-electron chi connectivity index (χ0n) is 10.8. The first-order valence-corrected chi connectivity index (χ1v) is 6.14. The highest BCUT2D eigenvalue weighted by atomic mass is 16.5. The molecule has 0 saturated carbocycles. The van der Waals surface area contributed by atoms with Crippen LogP contribution in [0.15, 0.2) is 48.8 Å². The Hall–Kier alpha value is -2.09. The predicted octanol–water partition coefficient (Wildman–Crippen LogP) is 3.08. The second-order valence-corrected chi connectivity index (χ2v) is 4.13. The maximum atomic E-state index is 5.41. The molecule has 0 saturated heterocycles. The van der Waals surface area contributed by atoms with Gasteiger partial charge in [0.05, 0.1) is 6.61 Å². The summed E-state index contributed by atoms with van der Waals surface area (Å²) in [5.41, 5.74) is 2.37. The average Bonchev–Trinajstić information content (AvgIpc) is 2.40. The Labute approximate surface area is 108 Å². The van der Waals surface area contributed by atoms with E-state index in [1.165, 1.54) is 11.1 Å². The van der Waals surface area contributed by atoms with E-state index in [0.717, 1.165) is 5.75 Å². The molecule has 0 atom stereocenters. The molecule has 1 aromatic carbocycles. The molecule has 0 aliphatic rings. The number of hydrogen-bond donors (Lipinski definition) is 0. The van der Waals surface area contributed by atoms with Crippen molar-refractivity contribution >= 4 is 12.2 Å². The fraction of sp³-hybridized carbons (Fsp3) is 0.188. The Morgan fingerprint density at radius 2 is 1.50 bits per heavy atom. The first-order chi connectivity index (χ1) is 8.78. The van der Waals surface area contributed by atoms with Crippen LogP contribution in [0.3, 0.4) is 0 Å². The Morgan fingerprint density at radius 3 is 2.06 bits per heavy atom. The molecule has 0 aliphatic carbocycles. The van der Waals surface area contributed by atoms with Gasteiger partial charge < -0.3 is 4.74 Å². The molecule has 2 aromatic rings. The molecule has 2 rings (SSSR count). The molecule has 1 heterocycles. The largest absolute Gasteiger partial charge is 0.494 e. The normalized spacial score (nSPS) is 10.8. The lowest BCUT2D eigenvalue weighted by Crippen LogP contribution is -2.25. The fourth-order valence-corrected chi connectivity index (χ4v) is 1.66. The van der Waals surface area contributed by atoms with E-state index < -0.39 is 0 Å². The van der Waals surface area contributed by atoms with Crippen LogP contribution >= 0.6 is 0 Å². The van der Waals surface area contributed by atoms with Gasteiger partial charge in [-0.1, -0.05) is 24.3 Å². The zero-order valence-corrected chi connectivity index (χ0v) is 10.8. The SMILES string of the molecule is CCOc1ccc(C=Cc2cc[n+](C)cc2)cc1. The number of rotatable bonds is 4. The second-order valence-electron chi connectivity index (χ2n) is 4.13. The molecule has 0 radical (unpaired) electrons. The topological polar surface area (TPSA) is 13.1 Å². The standard InChI is InChI=1S/C16H18NO/c1-3-18-16-8-6-14(7-9-16)4-5-15-10-12-17(2)13-11-15/h4-13H,3H2,1-2H3/q+1. The zero-order chi connectivity index (χ0) is 12.8. The third-order valence-corrected chi connectivity index (χ3v) is 2.66. The van der Waals surface area contributed by atoms with Crippen LogP contribution < -0.4 is 9.30 Å². The van der Waals surface area contributed by atoms with E-state index in [0.29, 0.717) is 6.61 Å². The van der Waals surface area contributed by atoms with Gasteiger partial charge in [0.15, 0.2) is 12.4 Å². The van der Waals surface area contributed by atoms with Gasteiger partial charge in [0.25, 0.3) is 0 Å². The minimum Gasteiger partial charge on any atom is -0.494 e. The van der Waals surface area contributed by atoms with E-state index in [9.17, 15) is 0 Å². The first-order valence-electron chi connectivity index (χ1n) is 6.14. The maximum absolute atomic E-state index is 5.41. The Bertz CT molecular complexity index is 512. The summed E-state index contributed by atoms with van der Waals surface area (Å²) in [5.74, 6) is 0.918. The van der Waals surface area contributed by atoms with Gasteiger partial charge in [0.1, 0.15) is 12.8 Å². The van der Waals surface area contributed by atoms with Crippen molar-refractivity contribution in [3.63, 3.8) is 0 Å². The molecule has 1 aromatic heterocycles. The molecule has 2 nitrogen and oxygen atoms in total. The van der Waals surface area contributed by atoms with Gasteiger partial charge in [-0.3, -0.25) is 0 Å². The van der Waals surface area contributed by atoms with Crippen LogP contribution in [0.4, 0.5) is 0 Å². The van der Waals surface area contributed by atoms with Gasteiger partial charge in [0.2, 0.25) is 0 Å². The van der Waals surface area contributed by atoms with Gasteiger partial charge in [-0.2, -0.15) is 0 Å². The van der Waals surface area contributed by atoms with Gasteiger partial charge >= 0.3 is 0 Å². The van der Waals surface area contributed by atoms with Crippen LogP contribution in [0.1, 0.15) is 18.1 Å². The molecule has 0 unspecified atom stereocenters. The smallest absolute Gasteiger partial charge is 0.169 e. The second kappa shape index (κ2) is 6.01. The minimum atomic E-state index is 0.705. The van der Waals surface area contributed by atoms with Crippen molar-refractivity contribution in [1.29, 1.82) is 0 Å². The number of pyridine rings is 1. The summed E-state index contributed by atoms with van der Waals surface area (Å²) in [6.07, 6.45) is 8.29. The average molecular weight is 240 g/mol. The lowest BCUT2D eigenvalue weighted by atomic mass is 10.1. The van der Waals surface area contributed by atoms with Crippen LogP contribution in [-0.2, 0) is 7.05 Å². The predicted molar refractivity (Wildman–Crippen MR) is 74.2 cm³/mol. The van der Waals surface area contributed by atoms with Gasteiger partial charge in [-0.15, -0.1) is 0 Å². The number of aryl methyl sites for hydroxylation is 1. The van der Waals surface area contributed by atoms with Crippen LogP contribution in [0, 0.1) is 0 Å². The third kappa shape index (κ3) is 3.45. The van der Waals surface area contributed by atoms with Crippen molar-refractivity contribution in [3.8, 4) is 5.75 Å². The molecular formula is C16H18NO+. The molecule has 0 amide bonds. The summed E-state index contributed by atoms with van der Waals surface area (Å²) >= 11 is 0. The molecule has 18 heavy (non-hydrogen) atoms. The summed E-state index contributed by atoms with van der Waals surface area (Å²) in [6.45, 7) is 2.69. The number of hydrogen-bond acceptors (Lipinski definition) is 1. The lowest BCUT2D eigenvalue weighted by molar-refractivity contribution is -0.671. The van der Waals surface area contributed by atoms with Crippen molar-refractivity contribution in [3.05, 3.63) is 59.9 Å². The molecule has 0 bridgehead atoms. The van der Waals surface area contributed by atoms with Crippen molar-refractivity contribution in [1.82, 2.24) is 0 Å². The van der Waals surface area contributed by atoms with E-state index in [4.69, 9.17) is 4.74 Å². The van der Waals surface area contributed by atoms with Crippen molar-refractivity contribution in [2.45, 2.75) is 6.92 Å². The van der Waals surface area contributed by atoms with Crippen LogP contribution in [0.2, 0.25) is 0 Å². The summed E-state index contributed by atoms with van der Waals surface area (Å²) in [5, 5.41) is 0. The Morgan fingerprint density at radius 1 is 0.944 bits per heavy atom. The molecule has 0 fully saturated rings. The summed E-state index contributed by atoms with van der Waals surface area (Å²) in [4.78, 5) is 0. The number of aromatic nitrogens is 1. The van der Waals surface area contributed by atoms with Crippen molar-refractivity contribution in [2.24, 2.45) is 7.05 Å². The van der Waals surface area contributed by atoms with Gasteiger partial charge in [-0.25, -0.2) is 4.57 Å². The van der Waals surface area contributed by atoms with Crippen LogP contribution in [-0.4, -0.2) is 6.61 Å². The van der Waals surface area contributed by atoms with E-state index in [1.807, 2.05) is 43.1 Å². The summed E-state index contributed by atoms with van der Waals surface area (Å²) in [7, 11) is 2.01. The highest BCUT2D eigenvalue weighted by molar-refractivity contribution is 5.69. The number of benzene rings is 1. The Kier molecular flexibility index (Phi) is 4.13. The van der Waals surface area contributed by atoms with Gasteiger partial charge in [0, 0.05) is 12.1 Å². The molecule has 92 valence electrons. The summed E-state index contributed by atoms with van der Waals surface area (Å²) in [6, 6.07) is 12.3. The molecular weight excluding hydrogens is 222 g/mol. The number of nitrogens with zero attached hydrogens (tertiary/aromatic N) is 1.